The number of nitrogens with zero attached hydrogens (tertiary/aromatic N) is 8. The third-order valence-electron chi connectivity index (χ3n) is 12.0. The van der Waals surface area contributed by atoms with Crippen LogP contribution >= 0.6 is 0 Å². The number of fused-ring (bicyclic) bond motifs is 2. The van der Waals surface area contributed by atoms with Gasteiger partial charge in [0.15, 0.2) is 0 Å². The van der Waals surface area contributed by atoms with Crippen molar-refractivity contribution in [2.24, 2.45) is 0 Å². The summed E-state index contributed by atoms with van der Waals surface area (Å²) in [6.45, 7) is 6.09. The van der Waals surface area contributed by atoms with Gasteiger partial charge in [0.1, 0.15) is 23.2 Å². The number of nitrogens with one attached hydrogen (secondary N) is 4. The Balaban J connectivity index is 0.692. The maximum Gasteiger partial charge on any atom is 0.270 e. The Labute approximate surface area is 370 Å². The van der Waals surface area contributed by atoms with E-state index in [1.807, 2.05) is 24.4 Å². The van der Waals surface area contributed by atoms with Gasteiger partial charge in [0.25, 0.3) is 17.7 Å². The van der Waals surface area contributed by atoms with E-state index < -0.39 is 29.7 Å². The maximum absolute atomic E-state index is 13.3. The number of carbonyl (C=O) groups is 6. The first-order chi connectivity index (χ1) is 31.0. The first kappa shape index (κ1) is 44.1. The summed E-state index contributed by atoms with van der Waals surface area (Å²) in [6, 6.07) is 9.72. The van der Waals surface area contributed by atoms with Crippen LogP contribution in [0, 0.1) is 0 Å². The molecule has 0 radical (unpaired) electrons. The van der Waals surface area contributed by atoms with E-state index in [0.29, 0.717) is 43.0 Å². The maximum atomic E-state index is 13.3. The van der Waals surface area contributed by atoms with Gasteiger partial charge in [0, 0.05) is 83.1 Å². The highest BCUT2D eigenvalue weighted by molar-refractivity contribution is 6.25. The number of hydrogen-bond donors (Lipinski definition) is 4. The minimum absolute atomic E-state index is 0.0278. The molecule has 1 atom stereocenters. The van der Waals surface area contributed by atoms with Crippen LogP contribution in [0.1, 0.15) is 75.8 Å². The Morgan fingerprint density at radius 2 is 1.67 bits per heavy atom. The SMILES string of the molecule is CN(C)C(=O)c1cc2cnc(Nc3ccc(N4CCN(CCOCCOCCNC(=O)CNc5cccc6c5C(=O)N(C5CCC(=O)NC5=O)C6=O)CC4)cn3)nc2n1C1CCCC1. The summed E-state index contributed by atoms with van der Waals surface area (Å²) in [7, 11) is 3.53. The van der Waals surface area contributed by atoms with Crippen LogP contribution in [-0.2, 0) is 23.9 Å². The van der Waals surface area contributed by atoms with Crippen LogP contribution in [0.25, 0.3) is 11.0 Å². The second-order valence-corrected chi connectivity index (χ2v) is 16.5. The van der Waals surface area contributed by atoms with Crippen molar-refractivity contribution in [2.45, 2.75) is 50.6 Å². The van der Waals surface area contributed by atoms with Gasteiger partial charge in [-0.25, -0.2) is 9.97 Å². The summed E-state index contributed by atoms with van der Waals surface area (Å²) >= 11 is 0. The van der Waals surface area contributed by atoms with Crippen LogP contribution in [0.2, 0.25) is 0 Å². The lowest BCUT2D eigenvalue weighted by atomic mass is 10.0. The summed E-state index contributed by atoms with van der Waals surface area (Å²) < 4.78 is 13.5. The Morgan fingerprint density at radius 3 is 2.41 bits per heavy atom. The summed E-state index contributed by atoms with van der Waals surface area (Å²) in [5.41, 5.74) is 2.96. The molecular weight excluding hydrogens is 825 g/mol. The molecule has 338 valence electrons. The largest absolute Gasteiger partial charge is 0.378 e. The highest BCUT2D eigenvalue weighted by Crippen LogP contribution is 2.35. The molecule has 3 aliphatic heterocycles. The number of hydrogen-bond acceptors (Lipinski definition) is 15. The van der Waals surface area contributed by atoms with Crippen molar-refractivity contribution in [3.63, 3.8) is 0 Å². The number of amides is 6. The lowest BCUT2D eigenvalue weighted by Crippen LogP contribution is -2.54. The molecule has 0 spiro atoms. The highest BCUT2D eigenvalue weighted by atomic mass is 16.5. The molecule has 8 rings (SSSR count). The molecule has 1 aliphatic carbocycles. The first-order valence-corrected chi connectivity index (χ1v) is 21.9. The average molecular weight is 879 g/mol. The predicted molar refractivity (Wildman–Crippen MR) is 235 cm³/mol. The van der Waals surface area contributed by atoms with E-state index in [1.165, 1.54) is 6.07 Å². The molecule has 6 heterocycles. The van der Waals surface area contributed by atoms with E-state index >= 15 is 0 Å². The van der Waals surface area contributed by atoms with Crippen molar-refractivity contribution in [1.29, 1.82) is 0 Å². The van der Waals surface area contributed by atoms with Crippen molar-refractivity contribution < 1.29 is 38.2 Å². The molecular formula is C44H54N12O8. The summed E-state index contributed by atoms with van der Waals surface area (Å²) in [4.78, 5) is 97.0. The van der Waals surface area contributed by atoms with E-state index in [1.54, 1.807) is 37.3 Å². The van der Waals surface area contributed by atoms with Crippen LogP contribution in [0.3, 0.4) is 0 Å². The van der Waals surface area contributed by atoms with Crippen molar-refractivity contribution in [2.75, 3.05) is 102 Å². The molecule has 1 saturated carbocycles. The quantitative estimate of drug-likeness (QED) is 0.0831. The molecule has 20 nitrogen and oxygen atoms in total. The normalized spacial score (nSPS) is 18.1. The molecule has 4 aliphatic rings. The molecule has 3 fully saturated rings. The first-order valence-electron chi connectivity index (χ1n) is 21.9. The van der Waals surface area contributed by atoms with Crippen molar-refractivity contribution in [3.05, 3.63) is 65.6 Å². The van der Waals surface area contributed by atoms with E-state index in [0.717, 1.165) is 80.0 Å². The van der Waals surface area contributed by atoms with Gasteiger partial charge in [-0.05, 0) is 49.6 Å². The number of aromatic nitrogens is 4. The molecule has 1 aromatic carbocycles. The Hall–Kier alpha value is -6.51. The molecule has 2 saturated heterocycles. The number of rotatable bonds is 18. The number of anilines is 4. The van der Waals surface area contributed by atoms with Gasteiger partial charge in [-0.2, -0.15) is 4.98 Å². The Kier molecular flexibility index (Phi) is 13.7. The van der Waals surface area contributed by atoms with E-state index in [2.05, 4.69) is 45.6 Å². The second-order valence-electron chi connectivity index (χ2n) is 16.5. The number of piperazine rings is 1. The summed E-state index contributed by atoms with van der Waals surface area (Å²) in [6.07, 6.45) is 8.04. The monoisotopic (exact) mass is 878 g/mol. The van der Waals surface area contributed by atoms with Crippen LogP contribution in [0.4, 0.5) is 23.1 Å². The van der Waals surface area contributed by atoms with Crippen LogP contribution < -0.4 is 26.2 Å². The van der Waals surface area contributed by atoms with Crippen molar-refractivity contribution in [3.8, 4) is 0 Å². The van der Waals surface area contributed by atoms with Gasteiger partial charge in [-0.1, -0.05) is 18.9 Å². The lowest BCUT2D eigenvalue weighted by molar-refractivity contribution is -0.136. The molecule has 4 aromatic rings. The van der Waals surface area contributed by atoms with Gasteiger partial charge in [-0.3, -0.25) is 43.9 Å². The van der Waals surface area contributed by atoms with E-state index in [9.17, 15) is 28.8 Å². The Bertz CT molecular complexity index is 2390. The number of ether oxygens (including phenoxy) is 2. The Morgan fingerprint density at radius 1 is 0.891 bits per heavy atom. The number of benzene rings is 1. The third kappa shape index (κ3) is 9.83. The highest BCUT2D eigenvalue weighted by Gasteiger charge is 2.45. The summed E-state index contributed by atoms with van der Waals surface area (Å²) in [5, 5.41) is 12.0. The average Bonchev–Trinajstić information content (AvgIpc) is 4.02. The fourth-order valence-corrected chi connectivity index (χ4v) is 8.66. The number of carbonyl (C=O) groups excluding carboxylic acids is 6. The van der Waals surface area contributed by atoms with Gasteiger partial charge < -0.3 is 39.8 Å². The minimum atomic E-state index is -1.07. The zero-order chi connectivity index (χ0) is 44.7. The van der Waals surface area contributed by atoms with Crippen LogP contribution in [0.5, 0.6) is 0 Å². The minimum Gasteiger partial charge on any atom is -0.378 e. The fraction of sp³-hybridized carbons (Fsp3) is 0.477. The molecule has 20 heteroatoms. The van der Waals surface area contributed by atoms with Gasteiger partial charge in [-0.15, -0.1) is 0 Å². The molecule has 1 unspecified atom stereocenters. The molecule has 64 heavy (non-hydrogen) atoms. The zero-order valence-corrected chi connectivity index (χ0v) is 36.1. The lowest BCUT2D eigenvalue weighted by Gasteiger charge is -2.35. The van der Waals surface area contributed by atoms with Gasteiger partial charge in [0.2, 0.25) is 23.7 Å². The smallest absolute Gasteiger partial charge is 0.270 e. The number of pyridine rings is 1. The van der Waals surface area contributed by atoms with Gasteiger partial charge >= 0.3 is 0 Å². The van der Waals surface area contributed by atoms with Crippen molar-refractivity contribution in [1.82, 2.24) is 44.9 Å². The molecule has 6 amide bonds. The molecule has 0 bridgehead atoms. The molecule has 3 aromatic heterocycles. The fourth-order valence-electron chi connectivity index (χ4n) is 8.66. The summed E-state index contributed by atoms with van der Waals surface area (Å²) in [5.74, 6) is -1.69. The number of piperidine rings is 1. The van der Waals surface area contributed by atoms with E-state index in [-0.39, 0.29) is 61.5 Å². The van der Waals surface area contributed by atoms with Crippen LogP contribution in [-0.4, -0.2) is 162 Å². The predicted octanol–water partition coefficient (Wildman–Crippen LogP) is 2.17. The third-order valence-corrected chi connectivity index (χ3v) is 12.0. The number of imide groups is 2. The van der Waals surface area contributed by atoms with Crippen LogP contribution in [0.15, 0.2) is 48.8 Å². The second kappa shape index (κ2) is 19.9. The zero-order valence-electron chi connectivity index (χ0n) is 36.1. The molecule has 4 N–H and O–H groups in total. The van der Waals surface area contributed by atoms with Crippen molar-refractivity contribution >= 4 is 69.6 Å². The van der Waals surface area contributed by atoms with Gasteiger partial charge in [0.05, 0.1) is 56.0 Å². The van der Waals surface area contributed by atoms with E-state index in [4.69, 9.17) is 14.5 Å². The standard InChI is InChI=1S/C44H54N12O8/c1-52(2)42(61)34-24-28-25-48-44(51-39(28)55(34)29-6-3-4-7-29)49-35-12-10-30(26-47-35)54-17-15-53(16-18-54)19-21-64-23-22-63-20-14-45-37(58)27-46-32-9-5-8-31-38(32)43(62)56(41(31)60)33-11-13-36(57)50-40(33)59/h5,8-10,12,24-26,29,33,46H,3-4,6-7,11,13-23,27H2,1-2H3,(H,45,58)(H,50,57,59)(H,47,48,49,51). The topological polar surface area (TPSA) is 226 Å².